The smallest absolute Gasteiger partial charge is 0.264 e. The van der Waals surface area contributed by atoms with Gasteiger partial charge in [-0.05, 0) is 47.9 Å². The normalized spacial score (nSPS) is 14.8. The predicted molar refractivity (Wildman–Crippen MR) is 154 cm³/mol. The van der Waals surface area contributed by atoms with Gasteiger partial charge in [0.2, 0.25) is 0 Å². The van der Waals surface area contributed by atoms with Crippen LogP contribution in [0.5, 0.6) is 5.75 Å². The summed E-state index contributed by atoms with van der Waals surface area (Å²) in [6, 6.07) is 28.6. The molecule has 0 fully saturated rings. The number of aliphatic hydroxyl groups excluding tert-OH is 1. The molecule has 0 radical (unpaired) electrons. The van der Waals surface area contributed by atoms with E-state index in [2.05, 4.69) is 0 Å². The summed E-state index contributed by atoms with van der Waals surface area (Å²) in [6.45, 7) is 1.95. The molecular weight excluding hydrogens is 524 g/mol. The number of aliphatic hydroxyl groups is 1. The average Bonchev–Trinajstić information content (AvgIpc) is 3.55. The van der Waals surface area contributed by atoms with Gasteiger partial charge < -0.3 is 9.84 Å². The molecule has 1 N–H and O–H groups in total. The number of hydrogen-bond acceptors (Lipinski definition) is 5. The van der Waals surface area contributed by atoms with Gasteiger partial charge in [0.15, 0.2) is 0 Å². The van der Waals surface area contributed by atoms with Gasteiger partial charge in [-0.3, -0.25) is 13.7 Å². The Kier molecular flexibility index (Phi) is 6.65. The molecule has 6 rings (SSSR count). The molecule has 0 bridgehead atoms. The van der Waals surface area contributed by atoms with Crippen LogP contribution in [-0.4, -0.2) is 37.2 Å². The van der Waals surface area contributed by atoms with Gasteiger partial charge >= 0.3 is 0 Å². The SMILES string of the molecule is Cc1cn(C(=O)c2ccccc2)c2c(OCc3ccccc3)cc3c(c12)[C@H](CO)CN3S(=O)(=O)c1ccccc1. The first-order valence-corrected chi connectivity index (χ1v) is 14.5. The molecule has 0 aliphatic carbocycles. The summed E-state index contributed by atoms with van der Waals surface area (Å²) in [6.07, 6.45) is 1.76. The highest BCUT2D eigenvalue weighted by atomic mass is 32.2. The number of hydrogen-bond donors (Lipinski definition) is 1. The second-order valence-corrected chi connectivity index (χ2v) is 11.7. The zero-order valence-corrected chi connectivity index (χ0v) is 22.7. The van der Waals surface area contributed by atoms with E-state index in [9.17, 15) is 18.3 Å². The van der Waals surface area contributed by atoms with Crippen molar-refractivity contribution in [2.45, 2.75) is 24.3 Å². The van der Waals surface area contributed by atoms with Crippen molar-refractivity contribution in [2.75, 3.05) is 17.5 Å². The molecule has 0 amide bonds. The Bertz CT molecular complexity index is 1800. The Hall–Kier alpha value is -4.40. The number of sulfonamides is 1. The Balaban J connectivity index is 1.58. The van der Waals surface area contributed by atoms with E-state index in [1.165, 1.54) is 4.31 Å². The second-order valence-electron chi connectivity index (χ2n) is 9.89. The van der Waals surface area contributed by atoms with Gasteiger partial charge in [-0.1, -0.05) is 66.7 Å². The number of aryl methyl sites for hydroxylation is 1. The number of rotatable bonds is 7. The molecule has 1 atom stereocenters. The van der Waals surface area contributed by atoms with Gasteiger partial charge in [0.1, 0.15) is 12.4 Å². The lowest BCUT2D eigenvalue weighted by Gasteiger charge is -2.21. The Morgan fingerprint density at radius 1 is 0.950 bits per heavy atom. The van der Waals surface area contributed by atoms with Crippen LogP contribution in [0, 0.1) is 6.92 Å². The topological polar surface area (TPSA) is 88.8 Å². The largest absolute Gasteiger partial charge is 0.487 e. The van der Waals surface area contributed by atoms with Gasteiger partial charge in [-0.15, -0.1) is 0 Å². The predicted octanol–water partition coefficient (Wildman–Crippen LogP) is 5.50. The number of carbonyl (C=O) groups excluding carboxylic acids is 1. The van der Waals surface area contributed by atoms with Crippen LogP contribution in [0.2, 0.25) is 0 Å². The van der Waals surface area contributed by atoms with Crippen LogP contribution in [0.1, 0.15) is 33.0 Å². The van der Waals surface area contributed by atoms with Crippen LogP contribution in [-0.2, 0) is 16.6 Å². The summed E-state index contributed by atoms with van der Waals surface area (Å²) in [5, 5.41) is 11.1. The molecule has 1 aliphatic heterocycles. The molecule has 2 heterocycles. The van der Waals surface area contributed by atoms with E-state index < -0.39 is 15.9 Å². The molecule has 1 aromatic heterocycles. The molecule has 1 aliphatic rings. The summed E-state index contributed by atoms with van der Waals surface area (Å²) in [5.41, 5.74) is 3.94. The van der Waals surface area contributed by atoms with Crippen LogP contribution < -0.4 is 9.04 Å². The van der Waals surface area contributed by atoms with E-state index in [1.54, 1.807) is 59.3 Å². The van der Waals surface area contributed by atoms with Crippen molar-refractivity contribution in [3.05, 3.63) is 126 Å². The number of nitrogens with zero attached hydrogens (tertiary/aromatic N) is 2. The molecule has 8 heteroatoms. The molecule has 0 unspecified atom stereocenters. The van der Waals surface area contributed by atoms with E-state index in [4.69, 9.17) is 4.74 Å². The van der Waals surface area contributed by atoms with E-state index in [0.29, 0.717) is 28.1 Å². The standard InChI is InChI=1S/C32H28N2O5S/c1-22-18-33(32(36)24-13-7-3-8-14-24)31-28(39-21-23-11-5-2-6-12-23)17-27-30(29(22)31)25(20-35)19-34(27)40(37,38)26-15-9-4-10-16-26/h2-18,25,35H,19-21H2,1H3/t25-/m0/s1. The zero-order chi connectivity index (χ0) is 27.9. The molecule has 7 nitrogen and oxygen atoms in total. The van der Waals surface area contributed by atoms with Gasteiger partial charge in [0.25, 0.3) is 15.9 Å². The lowest BCUT2D eigenvalue weighted by atomic mass is 9.96. The number of aromatic nitrogens is 1. The van der Waals surface area contributed by atoms with E-state index >= 15 is 0 Å². The minimum atomic E-state index is -3.92. The third kappa shape index (κ3) is 4.35. The van der Waals surface area contributed by atoms with Gasteiger partial charge in [0, 0.05) is 35.7 Å². The van der Waals surface area contributed by atoms with Crippen molar-refractivity contribution in [2.24, 2.45) is 0 Å². The van der Waals surface area contributed by atoms with E-state index in [0.717, 1.165) is 16.5 Å². The fourth-order valence-electron chi connectivity index (χ4n) is 5.44. The maximum Gasteiger partial charge on any atom is 0.264 e. The number of benzene rings is 4. The van der Waals surface area contributed by atoms with Crippen LogP contribution >= 0.6 is 0 Å². The zero-order valence-electron chi connectivity index (χ0n) is 21.9. The fraction of sp³-hybridized carbons (Fsp3) is 0.156. The summed E-state index contributed by atoms with van der Waals surface area (Å²) in [7, 11) is -3.92. The maximum atomic E-state index is 13.8. The maximum absolute atomic E-state index is 13.8. The van der Waals surface area contributed by atoms with Crippen molar-refractivity contribution in [1.29, 1.82) is 0 Å². The summed E-state index contributed by atoms with van der Waals surface area (Å²) >= 11 is 0. The van der Waals surface area contributed by atoms with Crippen molar-refractivity contribution in [1.82, 2.24) is 4.57 Å². The molecule has 0 spiro atoms. The highest BCUT2D eigenvalue weighted by molar-refractivity contribution is 7.92. The highest BCUT2D eigenvalue weighted by Crippen LogP contribution is 2.48. The monoisotopic (exact) mass is 552 g/mol. The molecular formula is C32H28N2O5S. The minimum Gasteiger partial charge on any atom is -0.487 e. The second kappa shape index (κ2) is 10.3. The van der Waals surface area contributed by atoms with Gasteiger partial charge in [0.05, 0.1) is 22.7 Å². The van der Waals surface area contributed by atoms with Crippen molar-refractivity contribution < 1.29 is 23.1 Å². The molecule has 0 saturated carbocycles. The number of fused-ring (bicyclic) bond motifs is 3. The van der Waals surface area contributed by atoms with Gasteiger partial charge in [-0.2, -0.15) is 0 Å². The fourth-order valence-corrected chi connectivity index (χ4v) is 6.98. The first-order chi connectivity index (χ1) is 19.4. The molecule has 40 heavy (non-hydrogen) atoms. The Labute approximate surface area is 232 Å². The van der Waals surface area contributed by atoms with Crippen molar-refractivity contribution in [3.8, 4) is 5.75 Å². The molecule has 202 valence electrons. The minimum absolute atomic E-state index is 0.0809. The van der Waals surface area contributed by atoms with Crippen molar-refractivity contribution >= 4 is 32.5 Å². The third-order valence-corrected chi connectivity index (χ3v) is 9.13. The summed E-state index contributed by atoms with van der Waals surface area (Å²) < 4.78 is 36.9. The van der Waals surface area contributed by atoms with Crippen LogP contribution in [0.4, 0.5) is 5.69 Å². The quantitative estimate of drug-likeness (QED) is 0.288. The van der Waals surface area contributed by atoms with E-state index in [1.807, 2.05) is 55.5 Å². The molecule has 4 aromatic carbocycles. The lowest BCUT2D eigenvalue weighted by molar-refractivity contribution is 0.0964. The van der Waals surface area contributed by atoms with E-state index in [-0.39, 0.29) is 30.6 Å². The number of carbonyl (C=O) groups is 1. The summed E-state index contributed by atoms with van der Waals surface area (Å²) in [4.78, 5) is 13.9. The van der Waals surface area contributed by atoms with Crippen LogP contribution in [0.15, 0.2) is 108 Å². The van der Waals surface area contributed by atoms with Crippen LogP contribution in [0.25, 0.3) is 10.9 Å². The summed E-state index contributed by atoms with van der Waals surface area (Å²) in [5.74, 6) is -0.308. The van der Waals surface area contributed by atoms with Crippen molar-refractivity contribution in [3.63, 3.8) is 0 Å². The first-order valence-electron chi connectivity index (χ1n) is 13.0. The lowest BCUT2D eigenvalue weighted by Crippen LogP contribution is -2.30. The molecule has 0 saturated heterocycles. The first kappa shape index (κ1) is 25.9. The third-order valence-electron chi connectivity index (χ3n) is 7.33. The van der Waals surface area contributed by atoms with Crippen LogP contribution in [0.3, 0.4) is 0 Å². The number of anilines is 1. The molecule has 5 aromatic rings. The Morgan fingerprint density at radius 3 is 2.23 bits per heavy atom. The average molecular weight is 553 g/mol. The highest BCUT2D eigenvalue weighted by Gasteiger charge is 2.39. The Morgan fingerprint density at radius 2 is 1.57 bits per heavy atom. The van der Waals surface area contributed by atoms with Gasteiger partial charge in [-0.25, -0.2) is 8.42 Å². The number of ether oxygens (including phenoxy) is 1.